The minimum absolute atomic E-state index is 0.372. The van der Waals surface area contributed by atoms with Crippen molar-refractivity contribution in [3.05, 3.63) is 67.6 Å². The first kappa shape index (κ1) is 15.9. The molecular formula is C15H12Cl4O. The van der Waals surface area contributed by atoms with E-state index in [2.05, 4.69) is 0 Å². The largest absolute Gasteiger partial charge is 0.392 e. The van der Waals surface area contributed by atoms with Crippen molar-refractivity contribution in [1.29, 1.82) is 0 Å². The molecule has 2 aromatic carbocycles. The molecular weight excluding hydrogens is 338 g/mol. The molecule has 1 atom stereocenters. The number of aliphatic hydroxyl groups excluding tert-OH is 1. The van der Waals surface area contributed by atoms with Crippen molar-refractivity contribution in [1.82, 2.24) is 0 Å². The number of hydrogen-bond donors (Lipinski definition) is 1. The fourth-order valence-electron chi connectivity index (χ4n) is 1.98. The van der Waals surface area contributed by atoms with Crippen LogP contribution in [0.1, 0.15) is 11.1 Å². The summed E-state index contributed by atoms with van der Waals surface area (Å²) in [5.74, 6) is 0. The zero-order valence-electron chi connectivity index (χ0n) is 10.4. The predicted molar refractivity (Wildman–Crippen MR) is 86.3 cm³/mol. The molecule has 0 fully saturated rings. The van der Waals surface area contributed by atoms with Crippen LogP contribution in [0, 0.1) is 0 Å². The van der Waals surface area contributed by atoms with Crippen molar-refractivity contribution in [3.8, 4) is 0 Å². The normalized spacial score (nSPS) is 12.4. The molecule has 0 radical (unpaired) electrons. The van der Waals surface area contributed by atoms with Crippen LogP contribution < -0.4 is 0 Å². The lowest BCUT2D eigenvalue weighted by molar-refractivity contribution is 0.175. The number of rotatable bonds is 4. The smallest absolute Gasteiger partial charge is 0.0622 e. The van der Waals surface area contributed by atoms with E-state index in [0.29, 0.717) is 32.9 Å². The molecule has 1 nitrogen and oxygen atoms in total. The van der Waals surface area contributed by atoms with Gasteiger partial charge in [0.2, 0.25) is 0 Å². The van der Waals surface area contributed by atoms with Gasteiger partial charge in [0.1, 0.15) is 0 Å². The van der Waals surface area contributed by atoms with Gasteiger partial charge >= 0.3 is 0 Å². The third kappa shape index (κ3) is 4.03. The summed E-state index contributed by atoms with van der Waals surface area (Å²) >= 11 is 24.1. The van der Waals surface area contributed by atoms with Gasteiger partial charge in [-0.25, -0.2) is 0 Å². The maximum Gasteiger partial charge on any atom is 0.0622 e. The Morgan fingerprint density at radius 2 is 1.50 bits per heavy atom. The van der Waals surface area contributed by atoms with E-state index in [1.807, 2.05) is 6.07 Å². The number of aliphatic hydroxyl groups is 1. The third-order valence-electron chi connectivity index (χ3n) is 2.97. The topological polar surface area (TPSA) is 20.2 Å². The second-order valence-electron chi connectivity index (χ2n) is 4.50. The Hall–Kier alpha value is -0.440. The fourth-order valence-corrected chi connectivity index (χ4v) is 3.01. The van der Waals surface area contributed by atoms with Crippen molar-refractivity contribution < 1.29 is 5.11 Å². The van der Waals surface area contributed by atoms with E-state index in [1.54, 1.807) is 30.3 Å². The summed E-state index contributed by atoms with van der Waals surface area (Å²) in [4.78, 5) is 0. The third-order valence-corrected chi connectivity index (χ3v) is 4.27. The summed E-state index contributed by atoms with van der Waals surface area (Å²) in [6.07, 6.45) is 0.167. The van der Waals surface area contributed by atoms with E-state index >= 15 is 0 Å². The first-order valence-corrected chi connectivity index (χ1v) is 7.53. The molecule has 0 saturated carbocycles. The summed E-state index contributed by atoms with van der Waals surface area (Å²) in [7, 11) is 0. The molecule has 106 valence electrons. The van der Waals surface area contributed by atoms with Crippen molar-refractivity contribution in [2.75, 3.05) is 0 Å². The monoisotopic (exact) mass is 348 g/mol. The molecule has 0 aliphatic heterocycles. The van der Waals surface area contributed by atoms with Gasteiger partial charge in [0.15, 0.2) is 0 Å². The van der Waals surface area contributed by atoms with Crippen LogP contribution in [0.15, 0.2) is 36.4 Å². The summed E-state index contributed by atoms with van der Waals surface area (Å²) in [5.41, 5.74) is 1.58. The Labute approximate surface area is 138 Å². The number of halogens is 4. The van der Waals surface area contributed by atoms with Crippen LogP contribution in [-0.2, 0) is 12.8 Å². The second kappa shape index (κ2) is 7.02. The fraction of sp³-hybridized carbons (Fsp3) is 0.200. The molecule has 1 unspecified atom stereocenters. The van der Waals surface area contributed by atoms with Gasteiger partial charge in [-0.1, -0.05) is 58.5 Å². The zero-order chi connectivity index (χ0) is 14.7. The average Bonchev–Trinajstić information content (AvgIpc) is 2.37. The van der Waals surface area contributed by atoms with E-state index in [-0.39, 0.29) is 0 Å². The van der Waals surface area contributed by atoms with Gasteiger partial charge in [-0.15, -0.1) is 0 Å². The van der Waals surface area contributed by atoms with Crippen molar-refractivity contribution in [2.24, 2.45) is 0 Å². The minimum Gasteiger partial charge on any atom is -0.392 e. The quantitative estimate of drug-likeness (QED) is 0.778. The molecule has 0 saturated heterocycles. The molecule has 20 heavy (non-hydrogen) atoms. The summed E-state index contributed by atoms with van der Waals surface area (Å²) in [6, 6.07) is 10.5. The van der Waals surface area contributed by atoms with Crippen LogP contribution >= 0.6 is 46.4 Å². The Bertz CT molecular complexity index is 593. The maximum atomic E-state index is 10.2. The molecule has 5 heteroatoms. The first-order chi connectivity index (χ1) is 9.47. The van der Waals surface area contributed by atoms with E-state index in [1.165, 1.54) is 0 Å². The molecule has 0 spiro atoms. The molecule has 1 N–H and O–H groups in total. The molecule has 0 aliphatic rings. The molecule has 0 amide bonds. The van der Waals surface area contributed by atoms with Gasteiger partial charge in [-0.3, -0.25) is 0 Å². The van der Waals surface area contributed by atoms with Gasteiger partial charge in [0.25, 0.3) is 0 Å². The van der Waals surface area contributed by atoms with Gasteiger partial charge < -0.3 is 5.11 Å². The number of hydrogen-bond acceptors (Lipinski definition) is 1. The summed E-state index contributed by atoms with van der Waals surface area (Å²) in [5, 5.41) is 12.4. The molecule has 0 aromatic heterocycles. The van der Waals surface area contributed by atoms with Crippen LogP contribution in [-0.4, -0.2) is 11.2 Å². The van der Waals surface area contributed by atoms with Crippen LogP contribution in [0.4, 0.5) is 0 Å². The molecule has 2 rings (SSSR count). The Morgan fingerprint density at radius 1 is 0.850 bits per heavy atom. The average molecular weight is 350 g/mol. The van der Waals surface area contributed by atoms with Gasteiger partial charge in [0, 0.05) is 32.9 Å². The van der Waals surface area contributed by atoms with Gasteiger partial charge in [-0.2, -0.15) is 0 Å². The Balaban J connectivity index is 2.11. The van der Waals surface area contributed by atoms with Crippen molar-refractivity contribution in [2.45, 2.75) is 18.9 Å². The Kier molecular flexibility index (Phi) is 5.59. The standard InChI is InChI=1S/C15H12Cl4O/c16-10-5-4-9(15(19)7-10)6-11(20)8-12-13(17)2-1-3-14(12)18/h1-5,7,11,20H,6,8H2. The lowest BCUT2D eigenvalue weighted by Crippen LogP contribution is -2.14. The number of benzene rings is 2. The highest BCUT2D eigenvalue weighted by Crippen LogP contribution is 2.27. The van der Waals surface area contributed by atoms with Crippen molar-refractivity contribution in [3.63, 3.8) is 0 Å². The highest BCUT2D eigenvalue weighted by Gasteiger charge is 2.14. The van der Waals surface area contributed by atoms with Crippen LogP contribution in [0.5, 0.6) is 0 Å². The SMILES string of the molecule is OC(Cc1ccc(Cl)cc1Cl)Cc1c(Cl)cccc1Cl. The zero-order valence-corrected chi connectivity index (χ0v) is 13.4. The van der Waals surface area contributed by atoms with Crippen LogP contribution in [0.3, 0.4) is 0 Å². The highest BCUT2D eigenvalue weighted by molar-refractivity contribution is 6.36. The Morgan fingerprint density at radius 3 is 2.10 bits per heavy atom. The first-order valence-electron chi connectivity index (χ1n) is 6.02. The predicted octanol–water partition coefficient (Wildman–Crippen LogP) is 5.45. The highest BCUT2D eigenvalue weighted by atomic mass is 35.5. The van der Waals surface area contributed by atoms with Gasteiger partial charge in [0.05, 0.1) is 6.10 Å². The second-order valence-corrected chi connectivity index (χ2v) is 6.16. The van der Waals surface area contributed by atoms with E-state index in [4.69, 9.17) is 46.4 Å². The summed E-state index contributed by atoms with van der Waals surface area (Å²) in [6.45, 7) is 0. The van der Waals surface area contributed by atoms with E-state index in [0.717, 1.165) is 11.1 Å². The van der Waals surface area contributed by atoms with Crippen molar-refractivity contribution >= 4 is 46.4 Å². The minimum atomic E-state index is -0.619. The molecule has 2 aromatic rings. The molecule has 0 aliphatic carbocycles. The molecule has 0 bridgehead atoms. The van der Waals surface area contributed by atoms with Gasteiger partial charge in [-0.05, 0) is 35.4 Å². The maximum absolute atomic E-state index is 10.2. The molecule has 0 heterocycles. The van der Waals surface area contributed by atoms with Crippen LogP contribution in [0.2, 0.25) is 20.1 Å². The summed E-state index contributed by atoms with van der Waals surface area (Å²) < 4.78 is 0. The lowest BCUT2D eigenvalue weighted by Gasteiger charge is -2.14. The van der Waals surface area contributed by atoms with E-state index in [9.17, 15) is 5.11 Å². The lowest BCUT2D eigenvalue weighted by atomic mass is 10.0. The van der Waals surface area contributed by atoms with Crippen LogP contribution in [0.25, 0.3) is 0 Å². The van der Waals surface area contributed by atoms with E-state index < -0.39 is 6.10 Å².